The molecule has 1 atom stereocenters. The zero-order valence-electron chi connectivity index (χ0n) is 6.64. The molecule has 0 spiro atoms. The molecule has 60 valence electrons. The van der Waals surface area contributed by atoms with Gasteiger partial charge in [-0.1, -0.05) is 12.2 Å². The molecule has 3 heteroatoms. The van der Waals surface area contributed by atoms with Crippen molar-refractivity contribution < 1.29 is 0 Å². The minimum absolute atomic E-state index is 0.212. The number of nitrogens with two attached hydrogens (primary N) is 1. The Bertz CT molecular complexity index is 194. The van der Waals surface area contributed by atoms with Crippen LogP contribution in [0.25, 0.3) is 0 Å². The highest BCUT2D eigenvalue weighted by Crippen LogP contribution is 2.00. The van der Waals surface area contributed by atoms with E-state index < -0.39 is 0 Å². The van der Waals surface area contributed by atoms with Gasteiger partial charge in [-0.2, -0.15) is 0 Å². The summed E-state index contributed by atoms with van der Waals surface area (Å²) in [6, 6.07) is 0. The molecule has 3 nitrogen and oxygen atoms in total. The molecule has 1 heterocycles. The molecule has 1 aliphatic rings. The number of hydrogen-bond donors (Lipinski definition) is 1. The van der Waals surface area contributed by atoms with E-state index in [0.29, 0.717) is 0 Å². The highest BCUT2D eigenvalue weighted by molar-refractivity contribution is 5.71. The Morgan fingerprint density at radius 3 is 3.18 bits per heavy atom. The second-order valence-corrected chi connectivity index (χ2v) is 2.32. The summed E-state index contributed by atoms with van der Waals surface area (Å²) in [6.07, 6.45) is 9.38. The first-order valence-electron chi connectivity index (χ1n) is 3.67. The first kappa shape index (κ1) is 8.01. The average Bonchev–Trinajstić information content (AvgIpc) is 2.03. The van der Waals surface area contributed by atoms with Gasteiger partial charge in [0.1, 0.15) is 0 Å². The van der Waals surface area contributed by atoms with Crippen LogP contribution in [0.1, 0.15) is 6.92 Å². The Morgan fingerprint density at radius 1 is 1.73 bits per heavy atom. The molecule has 0 aromatic carbocycles. The lowest BCUT2D eigenvalue weighted by Crippen LogP contribution is -2.38. The Morgan fingerprint density at radius 2 is 2.55 bits per heavy atom. The third-order valence-corrected chi connectivity index (χ3v) is 1.49. The highest BCUT2D eigenvalue weighted by atomic mass is 15.3. The summed E-state index contributed by atoms with van der Waals surface area (Å²) in [5, 5.41) is 0. The summed E-state index contributed by atoms with van der Waals surface area (Å²) >= 11 is 0. The molecule has 0 amide bonds. The van der Waals surface area contributed by atoms with Gasteiger partial charge in [0.05, 0.1) is 0 Å². The molecule has 0 aliphatic carbocycles. The summed E-state index contributed by atoms with van der Waals surface area (Å²) in [7, 11) is 0. The molecular formula is C8H13N3. The Hall–Kier alpha value is -1.09. The van der Waals surface area contributed by atoms with Gasteiger partial charge in [0, 0.05) is 19.0 Å². The maximum absolute atomic E-state index is 5.66. The van der Waals surface area contributed by atoms with Crippen LogP contribution in [0.2, 0.25) is 0 Å². The molecule has 1 aliphatic heterocycles. The summed E-state index contributed by atoms with van der Waals surface area (Å²) in [5.74, 6) is 0. The SMILES string of the molecule is CC=CCN1C=CC=NC1N. The van der Waals surface area contributed by atoms with E-state index in [1.807, 2.05) is 36.3 Å². The summed E-state index contributed by atoms with van der Waals surface area (Å²) in [4.78, 5) is 5.98. The monoisotopic (exact) mass is 151 g/mol. The van der Waals surface area contributed by atoms with Crippen LogP contribution in [0.4, 0.5) is 0 Å². The standard InChI is InChI=1S/C8H13N3/c1-2-3-6-11-7-4-5-10-8(11)9/h2-5,7-8H,6,9H2,1H3. The Labute approximate surface area is 66.9 Å². The maximum atomic E-state index is 5.66. The molecule has 1 unspecified atom stereocenters. The van der Waals surface area contributed by atoms with Crippen molar-refractivity contribution in [3.05, 3.63) is 24.4 Å². The van der Waals surface area contributed by atoms with E-state index in [1.54, 1.807) is 6.21 Å². The first-order chi connectivity index (χ1) is 5.34. The lowest BCUT2D eigenvalue weighted by atomic mass is 10.4. The molecule has 0 bridgehead atoms. The van der Waals surface area contributed by atoms with Gasteiger partial charge in [-0.15, -0.1) is 0 Å². The van der Waals surface area contributed by atoms with E-state index in [4.69, 9.17) is 5.73 Å². The molecule has 0 radical (unpaired) electrons. The van der Waals surface area contributed by atoms with Crippen LogP contribution >= 0.6 is 0 Å². The van der Waals surface area contributed by atoms with Crippen LogP contribution in [0.5, 0.6) is 0 Å². The van der Waals surface area contributed by atoms with Crippen molar-refractivity contribution in [1.82, 2.24) is 4.90 Å². The minimum Gasteiger partial charge on any atom is -0.340 e. The smallest absolute Gasteiger partial charge is 0.173 e. The van der Waals surface area contributed by atoms with Crippen molar-refractivity contribution in [2.75, 3.05) is 6.54 Å². The predicted molar refractivity (Wildman–Crippen MR) is 47.1 cm³/mol. The van der Waals surface area contributed by atoms with Gasteiger partial charge in [-0.05, 0) is 13.0 Å². The molecule has 0 saturated heterocycles. The second kappa shape index (κ2) is 3.93. The summed E-state index contributed by atoms with van der Waals surface area (Å²) in [5.41, 5.74) is 5.66. The van der Waals surface area contributed by atoms with Gasteiger partial charge >= 0.3 is 0 Å². The van der Waals surface area contributed by atoms with Crippen molar-refractivity contribution in [3.63, 3.8) is 0 Å². The van der Waals surface area contributed by atoms with Crippen LogP contribution < -0.4 is 5.73 Å². The number of allylic oxidation sites excluding steroid dienone is 2. The number of aliphatic imine (C=N–C) groups is 1. The summed E-state index contributed by atoms with van der Waals surface area (Å²) in [6.45, 7) is 2.81. The minimum atomic E-state index is -0.212. The van der Waals surface area contributed by atoms with E-state index >= 15 is 0 Å². The molecule has 0 saturated carbocycles. The van der Waals surface area contributed by atoms with Gasteiger partial charge < -0.3 is 4.90 Å². The van der Waals surface area contributed by atoms with Crippen molar-refractivity contribution in [1.29, 1.82) is 0 Å². The fourth-order valence-corrected chi connectivity index (χ4v) is 0.857. The molecule has 0 fully saturated rings. The van der Waals surface area contributed by atoms with E-state index in [9.17, 15) is 0 Å². The van der Waals surface area contributed by atoms with Crippen LogP contribution in [-0.2, 0) is 0 Å². The van der Waals surface area contributed by atoms with Gasteiger partial charge in [-0.3, -0.25) is 10.7 Å². The number of nitrogens with zero attached hydrogens (tertiary/aromatic N) is 2. The van der Waals surface area contributed by atoms with E-state index in [0.717, 1.165) is 6.54 Å². The summed E-state index contributed by atoms with van der Waals surface area (Å²) < 4.78 is 0. The van der Waals surface area contributed by atoms with Gasteiger partial charge in [-0.25, -0.2) is 0 Å². The molecule has 0 aromatic heterocycles. The Balaban J connectivity index is 2.45. The third kappa shape index (κ3) is 2.20. The fraction of sp³-hybridized carbons (Fsp3) is 0.375. The molecule has 2 N–H and O–H groups in total. The van der Waals surface area contributed by atoms with Crippen molar-refractivity contribution >= 4 is 6.21 Å². The molecule has 1 rings (SSSR count). The largest absolute Gasteiger partial charge is 0.340 e. The normalized spacial score (nSPS) is 23.5. The van der Waals surface area contributed by atoms with Crippen LogP contribution in [0, 0.1) is 0 Å². The topological polar surface area (TPSA) is 41.6 Å². The fourth-order valence-electron chi connectivity index (χ4n) is 0.857. The van der Waals surface area contributed by atoms with Gasteiger partial charge in [0.15, 0.2) is 6.29 Å². The predicted octanol–water partition coefficient (Wildman–Crippen LogP) is 0.705. The van der Waals surface area contributed by atoms with Crippen LogP contribution in [-0.4, -0.2) is 23.9 Å². The lowest BCUT2D eigenvalue weighted by Gasteiger charge is -2.24. The van der Waals surface area contributed by atoms with Gasteiger partial charge in [0.2, 0.25) is 0 Å². The van der Waals surface area contributed by atoms with Crippen LogP contribution in [0.3, 0.4) is 0 Å². The van der Waals surface area contributed by atoms with Crippen molar-refractivity contribution in [3.8, 4) is 0 Å². The molecular weight excluding hydrogens is 138 g/mol. The average molecular weight is 151 g/mol. The van der Waals surface area contributed by atoms with E-state index in [2.05, 4.69) is 4.99 Å². The quantitative estimate of drug-likeness (QED) is 0.590. The lowest BCUT2D eigenvalue weighted by molar-refractivity contribution is 0.315. The molecule has 0 aromatic rings. The second-order valence-electron chi connectivity index (χ2n) is 2.32. The third-order valence-electron chi connectivity index (χ3n) is 1.49. The maximum Gasteiger partial charge on any atom is 0.173 e. The zero-order chi connectivity index (χ0) is 8.10. The number of rotatable bonds is 2. The van der Waals surface area contributed by atoms with Crippen LogP contribution in [0.15, 0.2) is 29.4 Å². The van der Waals surface area contributed by atoms with E-state index in [1.165, 1.54) is 0 Å². The van der Waals surface area contributed by atoms with Crippen molar-refractivity contribution in [2.45, 2.75) is 13.2 Å². The first-order valence-corrected chi connectivity index (χ1v) is 3.67. The van der Waals surface area contributed by atoms with E-state index in [-0.39, 0.29) is 6.29 Å². The number of hydrogen-bond acceptors (Lipinski definition) is 3. The zero-order valence-corrected chi connectivity index (χ0v) is 6.64. The Kier molecular flexibility index (Phi) is 2.86. The van der Waals surface area contributed by atoms with Gasteiger partial charge in [0.25, 0.3) is 0 Å². The van der Waals surface area contributed by atoms with Crippen molar-refractivity contribution in [2.24, 2.45) is 10.7 Å². The highest BCUT2D eigenvalue weighted by Gasteiger charge is 2.06. The molecule has 11 heavy (non-hydrogen) atoms.